The number of nitrogens with zero attached hydrogens (tertiary/aromatic N) is 1. The van der Waals surface area contributed by atoms with Gasteiger partial charge in [0.25, 0.3) is 5.91 Å². The fourth-order valence-electron chi connectivity index (χ4n) is 4.29. The molecule has 0 bridgehead atoms. The van der Waals surface area contributed by atoms with Crippen molar-refractivity contribution in [3.8, 4) is 0 Å². The number of hydrogen-bond donors (Lipinski definition) is 2. The van der Waals surface area contributed by atoms with Crippen LogP contribution < -0.4 is 10.0 Å². The predicted molar refractivity (Wildman–Crippen MR) is 133 cm³/mol. The minimum atomic E-state index is -3.78. The predicted octanol–water partition coefficient (Wildman–Crippen LogP) is 3.63. The van der Waals surface area contributed by atoms with E-state index in [2.05, 4.69) is 10.0 Å². The minimum Gasteiger partial charge on any atom is -0.349 e. The summed E-state index contributed by atoms with van der Waals surface area (Å²) in [6.45, 7) is 7.20. The van der Waals surface area contributed by atoms with E-state index >= 15 is 0 Å². The molecule has 2 aromatic rings. The smallest absolute Gasteiger partial charge is 0.251 e. The number of aryl methyl sites for hydroxylation is 1. The second-order valence-electron chi connectivity index (χ2n) is 8.88. The van der Waals surface area contributed by atoms with Crippen molar-refractivity contribution in [2.24, 2.45) is 5.92 Å². The molecule has 0 radical (unpaired) electrons. The Labute approximate surface area is 203 Å². The molecule has 0 unspecified atom stereocenters. The number of sulfonamides is 1. The number of likely N-dealkylation sites (tertiary alicyclic amines) is 1. The van der Waals surface area contributed by atoms with Crippen LogP contribution in [0.2, 0.25) is 0 Å². The molecule has 1 heterocycles. The lowest BCUT2D eigenvalue weighted by Crippen LogP contribution is -2.48. The molecule has 0 aliphatic carbocycles. The molecule has 2 N–H and O–H groups in total. The Kier molecular flexibility index (Phi) is 8.85. The number of carbonyl (C=O) groups excluding carboxylic acids is 2. The first kappa shape index (κ1) is 25.9. The van der Waals surface area contributed by atoms with Crippen LogP contribution in [0.4, 0.5) is 0 Å². The highest BCUT2D eigenvalue weighted by molar-refractivity contribution is 7.89. The van der Waals surface area contributed by atoms with Crippen molar-refractivity contribution in [3.05, 3.63) is 65.2 Å². The third kappa shape index (κ3) is 6.45. The zero-order valence-corrected chi connectivity index (χ0v) is 21.0. The molecule has 2 amide bonds. The number of benzene rings is 2. The summed E-state index contributed by atoms with van der Waals surface area (Å²) in [7, 11) is -3.78. The number of amides is 2. The topological polar surface area (TPSA) is 95.6 Å². The lowest BCUT2D eigenvalue weighted by atomic mass is 9.98. The molecule has 1 fully saturated rings. The Morgan fingerprint density at radius 2 is 1.68 bits per heavy atom. The highest BCUT2D eigenvalue weighted by Gasteiger charge is 2.27. The van der Waals surface area contributed by atoms with Gasteiger partial charge in [0.05, 0.1) is 4.90 Å². The Morgan fingerprint density at radius 1 is 1.03 bits per heavy atom. The van der Waals surface area contributed by atoms with Crippen LogP contribution in [0.3, 0.4) is 0 Å². The van der Waals surface area contributed by atoms with Crippen LogP contribution >= 0.6 is 0 Å². The van der Waals surface area contributed by atoms with E-state index in [1.165, 1.54) is 6.07 Å². The van der Waals surface area contributed by atoms with Crippen LogP contribution in [0.5, 0.6) is 0 Å². The van der Waals surface area contributed by atoms with Crippen molar-refractivity contribution in [1.29, 1.82) is 0 Å². The summed E-state index contributed by atoms with van der Waals surface area (Å²) in [5, 5.41) is 3.02. The largest absolute Gasteiger partial charge is 0.349 e. The van der Waals surface area contributed by atoms with Crippen LogP contribution in [0.15, 0.2) is 53.4 Å². The van der Waals surface area contributed by atoms with Crippen molar-refractivity contribution in [2.45, 2.75) is 63.9 Å². The van der Waals surface area contributed by atoms with Crippen molar-refractivity contribution >= 4 is 21.8 Å². The average Bonchev–Trinajstić information content (AvgIpc) is 2.84. The summed E-state index contributed by atoms with van der Waals surface area (Å²) < 4.78 is 28.4. The van der Waals surface area contributed by atoms with E-state index in [9.17, 15) is 18.0 Å². The summed E-state index contributed by atoms with van der Waals surface area (Å²) >= 11 is 0. The molecular weight excluding hydrogens is 450 g/mol. The third-order valence-electron chi connectivity index (χ3n) is 6.53. The number of piperidine rings is 1. The molecule has 0 aromatic heterocycles. The van der Waals surface area contributed by atoms with E-state index in [1.54, 1.807) is 19.1 Å². The van der Waals surface area contributed by atoms with Crippen LogP contribution in [0.1, 0.15) is 61.0 Å². The van der Waals surface area contributed by atoms with Gasteiger partial charge in [0.1, 0.15) is 0 Å². The molecule has 7 nitrogen and oxygen atoms in total. The zero-order valence-electron chi connectivity index (χ0n) is 20.2. The Hall–Kier alpha value is -2.71. The molecule has 34 heavy (non-hydrogen) atoms. The summed E-state index contributed by atoms with van der Waals surface area (Å²) in [6, 6.07) is 14.0. The molecule has 0 atom stereocenters. The van der Waals surface area contributed by atoms with Crippen LogP contribution in [-0.4, -0.2) is 44.3 Å². The lowest BCUT2D eigenvalue weighted by Gasteiger charge is -2.34. The standard InChI is InChI=1S/C26H35N3O4S/c1-4-21(5-2)26(31)29-15-13-23(14-16-29)28-25(30)22-12-11-19(3)24(17-22)34(32,33)27-18-20-9-7-6-8-10-20/h6-12,17,21,23,27H,4-5,13-16,18H2,1-3H3,(H,28,30). The highest BCUT2D eigenvalue weighted by atomic mass is 32.2. The average molecular weight is 486 g/mol. The molecule has 3 rings (SSSR count). The van der Waals surface area contributed by atoms with Crippen LogP contribution in [0, 0.1) is 12.8 Å². The van der Waals surface area contributed by atoms with E-state index in [4.69, 9.17) is 0 Å². The quantitative estimate of drug-likeness (QED) is 0.567. The van der Waals surface area contributed by atoms with Crippen molar-refractivity contribution in [2.75, 3.05) is 13.1 Å². The summed E-state index contributed by atoms with van der Waals surface area (Å²) in [5.41, 5.74) is 1.73. The van der Waals surface area contributed by atoms with Gasteiger partial charge in [-0.3, -0.25) is 9.59 Å². The number of hydrogen-bond acceptors (Lipinski definition) is 4. The Morgan fingerprint density at radius 3 is 2.29 bits per heavy atom. The van der Waals surface area contributed by atoms with Gasteiger partial charge in [0.15, 0.2) is 0 Å². The summed E-state index contributed by atoms with van der Waals surface area (Å²) in [6.07, 6.45) is 3.05. The first-order valence-electron chi connectivity index (χ1n) is 12.0. The lowest BCUT2D eigenvalue weighted by molar-refractivity contribution is -0.136. The molecule has 0 spiro atoms. The molecule has 8 heteroatoms. The van der Waals surface area contributed by atoms with Crippen molar-refractivity contribution < 1.29 is 18.0 Å². The van der Waals surface area contributed by atoms with Gasteiger partial charge < -0.3 is 10.2 Å². The maximum atomic E-state index is 12.9. The van der Waals surface area contributed by atoms with Gasteiger partial charge in [-0.15, -0.1) is 0 Å². The fourth-order valence-corrected chi connectivity index (χ4v) is 5.58. The van der Waals surface area contributed by atoms with Gasteiger partial charge in [-0.1, -0.05) is 50.2 Å². The van der Waals surface area contributed by atoms with Gasteiger partial charge in [-0.05, 0) is 55.9 Å². The minimum absolute atomic E-state index is 0.0455. The van der Waals surface area contributed by atoms with Crippen LogP contribution in [-0.2, 0) is 21.4 Å². The van der Waals surface area contributed by atoms with Gasteiger partial charge >= 0.3 is 0 Å². The van der Waals surface area contributed by atoms with Crippen molar-refractivity contribution in [1.82, 2.24) is 14.9 Å². The number of carbonyl (C=O) groups is 2. The maximum absolute atomic E-state index is 12.9. The molecular formula is C26H35N3O4S. The Balaban J connectivity index is 1.62. The maximum Gasteiger partial charge on any atom is 0.251 e. The van der Waals surface area contributed by atoms with Gasteiger partial charge in [-0.2, -0.15) is 0 Å². The molecule has 2 aromatic carbocycles. The van der Waals surface area contributed by atoms with Gasteiger partial charge in [0, 0.05) is 37.2 Å². The highest BCUT2D eigenvalue weighted by Crippen LogP contribution is 2.20. The van der Waals surface area contributed by atoms with E-state index in [1.807, 2.05) is 49.1 Å². The normalized spacial score (nSPS) is 14.9. The van der Waals surface area contributed by atoms with E-state index in [-0.39, 0.29) is 35.2 Å². The number of nitrogens with one attached hydrogen (secondary N) is 2. The summed E-state index contributed by atoms with van der Waals surface area (Å²) in [5.74, 6) is -0.0370. The summed E-state index contributed by atoms with van der Waals surface area (Å²) in [4.78, 5) is 27.5. The van der Waals surface area contributed by atoms with Gasteiger partial charge in [-0.25, -0.2) is 13.1 Å². The van der Waals surface area contributed by atoms with Gasteiger partial charge in [0.2, 0.25) is 15.9 Å². The first-order valence-corrected chi connectivity index (χ1v) is 13.5. The van der Waals surface area contributed by atoms with E-state index < -0.39 is 10.0 Å². The molecule has 1 aliphatic rings. The molecule has 0 saturated carbocycles. The Bertz CT molecular complexity index is 1090. The van der Waals surface area contributed by atoms with E-state index in [0.717, 1.165) is 18.4 Å². The third-order valence-corrected chi connectivity index (χ3v) is 8.07. The second kappa shape index (κ2) is 11.6. The molecule has 1 saturated heterocycles. The zero-order chi connectivity index (χ0) is 24.7. The monoisotopic (exact) mass is 485 g/mol. The number of rotatable bonds is 9. The SMILES string of the molecule is CCC(CC)C(=O)N1CCC(NC(=O)c2ccc(C)c(S(=O)(=O)NCc3ccccc3)c2)CC1. The van der Waals surface area contributed by atoms with Crippen molar-refractivity contribution in [3.63, 3.8) is 0 Å². The van der Waals surface area contributed by atoms with E-state index in [0.29, 0.717) is 37.1 Å². The first-order chi connectivity index (χ1) is 16.2. The molecule has 1 aliphatic heterocycles. The molecule has 184 valence electrons. The second-order valence-corrected chi connectivity index (χ2v) is 10.6. The fraction of sp³-hybridized carbons (Fsp3) is 0.462. The van der Waals surface area contributed by atoms with Crippen LogP contribution in [0.25, 0.3) is 0 Å².